The molecule has 0 aliphatic rings. The third-order valence-electron chi connectivity index (χ3n) is 10.7. The highest BCUT2D eigenvalue weighted by molar-refractivity contribution is 7.47. The average molecular weight is 857 g/mol. The van der Waals surface area contributed by atoms with Gasteiger partial charge in [0.05, 0.1) is 27.7 Å². The number of esters is 2. The Morgan fingerprint density at radius 2 is 0.915 bits per heavy atom. The van der Waals surface area contributed by atoms with Gasteiger partial charge in [0.15, 0.2) is 6.10 Å². The largest absolute Gasteiger partial charge is 0.472 e. The van der Waals surface area contributed by atoms with Crippen molar-refractivity contribution in [2.45, 2.75) is 232 Å². The Morgan fingerprint density at radius 3 is 1.34 bits per heavy atom. The predicted octanol–water partition coefficient (Wildman–Crippen LogP) is 14.3. The van der Waals surface area contributed by atoms with Crippen LogP contribution in [0.15, 0.2) is 24.3 Å². The highest BCUT2D eigenvalue weighted by Crippen LogP contribution is 2.43. The molecule has 0 aromatic heterocycles. The van der Waals surface area contributed by atoms with Crippen LogP contribution in [-0.4, -0.2) is 74.9 Å². The molecule has 0 rings (SSSR count). The number of allylic oxidation sites excluding steroid dienone is 4. The minimum absolute atomic E-state index is 0.0341. The number of unbranched alkanes of at least 4 members (excludes halogenated alkanes) is 27. The second kappa shape index (κ2) is 41.8. The Kier molecular flexibility index (Phi) is 40.8. The molecule has 348 valence electrons. The number of rotatable bonds is 45. The van der Waals surface area contributed by atoms with Crippen molar-refractivity contribution in [3.63, 3.8) is 0 Å². The predicted molar refractivity (Wildman–Crippen MR) is 247 cm³/mol. The molecule has 0 radical (unpaired) electrons. The summed E-state index contributed by atoms with van der Waals surface area (Å²) in [4.78, 5) is 35.2. The smallest absolute Gasteiger partial charge is 0.462 e. The summed E-state index contributed by atoms with van der Waals surface area (Å²) in [7, 11) is 1.48. The molecule has 9 nitrogen and oxygen atoms in total. The van der Waals surface area contributed by atoms with Crippen LogP contribution in [0.25, 0.3) is 0 Å². The highest BCUT2D eigenvalue weighted by Gasteiger charge is 2.27. The Bertz CT molecular complexity index is 1060. The monoisotopic (exact) mass is 857 g/mol. The fourth-order valence-corrected chi connectivity index (χ4v) is 7.61. The summed E-state index contributed by atoms with van der Waals surface area (Å²) in [5, 5.41) is 0. The number of likely N-dealkylation sites (N-methyl/N-ethyl adjacent to an activating group) is 1. The second-order valence-electron chi connectivity index (χ2n) is 17.9. The quantitative estimate of drug-likeness (QED) is 0.0212. The molecular formula is C49H95NO8P+. The number of phosphoric ester groups is 1. The molecule has 0 heterocycles. The van der Waals surface area contributed by atoms with Gasteiger partial charge in [0.2, 0.25) is 0 Å². The van der Waals surface area contributed by atoms with Crippen LogP contribution in [-0.2, 0) is 32.7 Å². The number of hydrogen-bond donors (Lipinski definition) is 1. The van der Waals surface area contributed by atoms with Crippen molar-refractivity contribution in [3.8, 4) is 0 Å². The molecule has 0 aliphatic carbocycles. The Morgan fingerprint density at radius 1 is 0.525 bits per heavy atom. The lowest BCUT2D eigenvalue weighted by Crippen LogP contribution is -2.37. The van der Waals surface area contributed by atoms with Crippen molar-refractivity contribution in [1.29, 1.82) is 0 Å². The summed E-state index contributed by atoms with van der Waals surface area (Å²) >= 11 is 0. The van der Waals surface area contributed by atoms with Crippen LogP contribution >= 0.6 is 7.82 Å². The number of phosphoric acid groups is 1. The molecule has 0 fully saturated rings. The fraction of sp³-hybridized carbons (Fsp3) is 0.878. The lowest BCUT2D eigenvalue weighted by atomic mass is 10.0. The first kappa shape index (κ1) is 57.5. The van der Waals surface area contributed by atoms with E-state index in [-0.39, 0.29) is 32.0 Å². The number of quaternary nitrogens is 1. The van der Waals surface area contributed by atoms with Crippen LogP contribution in [0.1, 0.15) is 226 Å². The zero-order chi connectivity index (χ0) is 43.6. The number of hydrogen-bond acceptors (Lipinski definition) is 7. The van der Waals surface area contributed by atoms with Gasteiger partial charge in [-0.3, -0.25) is 18.6 Å². The Balaban J connectivity index is 3.95. The lowest BCUT2D eigenvalue weighted by molar-refractivity contribution is -0.870. The summed E-state index contributed by atoms with van der Waals surface area (Å²) in [5.41, 5.74) is 0. The van der Waals surface area contributed by atoms with E-state index in [0.29, 0.717) is 17.4 Å². The zero-order valence-corrected chi connectivity index (χ0v) is 40.1. The van der Waals surface area contributed by atoms with Crippen molar-refractivity contribution >= 4 is 19.8 Å². The van der Waals surface area contributed by atoms with E-state index in [1.165, 1.54) is 148 Å². The van der Waals surface area contributed by atoms with Gasteiger partial charge in [-0.1, -0.05) is 192 Å². The summed E-state index contributed by atoms with van der Waals surface area (Å²) in [5.74, 6) is -0.800. The fourth-order valence-electron chi connectivity index (χ4n) is 6.87. The van der Waals surface area contributed by atoms with Crippen LogP contribution in [0.5, 0.6) is 0 Å². The number of nitrogens with zero attached hydrogens (tertiary/aromatic N) is 1. The van der Waals surface area contributed by atoms with Gasteiger partial charge in [-0.2, -0.15) is 0 Å². The van der Waals surface area contributed by atoms with E-state index in [1.807, 2.05) is 21.1 Å². The van der Waals surface area contributed by atoms with Crippen molar-refractivity contribution in [2.24, 2.45) is 0 Å². The van der Waals surface area contributed by atoms with Crippen LogP contribution < -0.4 is 0 Å². The lowest BCUT2D eigenvalue weighted by Gasteiger charge is -2.24. The molecule has 59 heavy (non-hydrogen) atoms. The second-order valence-corrected chi connectivity index (χ2v) is 19.3. The third-order valence-corrected chi connectivity index (χ3v) is 11.7. The van der Waals surface area contributed by atoms with E-state index in [4.69, 9.17) is 18.5 Å². The standard InChI is InChI=1S/C49H94NO8P/c1-6-8-10-12-14-15-16-17-18-19-20-21-22-23-24-25-26-27-28-29-30-31-32-33-34-35-36-38-40-42-49(52)58-47(45-55-48(51)41-39-37-13-11-9-7-2)46-57-59(53,54)56-44-43-50(3,4)5/h16-17,19-20,47H,6-15,18,21-46H2,1-5H3/p+1/b17-16-,20-19-. The number of carbonyl (C=O) groups is 2. The summed E-state index contributed by atoms with van der Waals surface area (Å²) in [6, 6.07) is 0. The van der Waals surface area contributed by atoms with E-state index >= 15 is 0 Å². The normalized spacial score (nSPS) is 13.7. The minimum Gasteiger partial charge on any atom is -0.462 e. The Hall–Kier alpha value is -1.51. The topological polar surface area (TPSA) is 108 Å². The maximum absolute atomic E-state index is 12.7. The molecule has 0 saturated carbocycles. The van der Waals surface area contributed by atoms with Gasteiger partial charge in [-0.15, -0.1) is 0 Å². The molecule has 2 atom stereocenters. The summed E-state index contributed by atoms with van der Waals surface area (Å²) in [6.45, 7) is 4.36. The molecule has 0 amide bonds. The van der Waals surface area contributed by atoms with Crippen LogP contribution in [0.4, 0.5) is 0 Å². The summed E-state index contributed by atoms with van der Waals surface area (Å²) in [6.07, 6.45) is 47.1. The van der Waals surface area contributed by atoms with Gasteiger partial charge in [-0.25, -0.2) is 4.57 Å². The molecule has 0 bridgehead atoms. The SMILES string of the molecule is CCCCCCC/C=C\C/C=C\CCCCCCCCCCCCCCCCCCCC(=O)OC(COC(=O)CCCCCCCC)COP(=O)(O)OCC[N+](C)(C)C. The zero-order valence-electron chi connectivity index (χ0n) is 39.2. The molecule has 2 unspecified atom stereocenters. The maximum atomic E-state index is 12.7. The highest BCUT2D eigenvalue weighted by atomic mass is 31.2. The van der Waals surface area contributed by atoms with E-state index in [1.54, 1.807) is 0 Å². The van der Waals surface area contributed by atoms with Crippen LogP contribution in [0, 0.1) is 0 Å². The van der Waals surface area contributed by atoms with Gasteiger partial charge in [-0.05, 0) is 44.9 Å². The third kappa shape index (κ3) is 45.8. The number of ether oxygens (including phenoxy) is 2. The van der Waals surface area contributed by atoms with Gasteiger partial charge < -0.3 is 18.9 Å². The minimum atomic E-state index is -4.36. The van der Waals surface area contributed by atoms with Crippen molar-refractivity contribution in [2.75, 3.05) is 47.5 Å². The Labute approximate surface area is 364 Å². The number of carbonyl (C=O) groups excluding carboxylic acids is 2. The van der Waals surface area contributed by atoms with E-state index < -0.39 is 26.5 Å². The molecule has 10 heteroatoms. The molecule has 0 aromatic rings. The summed E-state index contributed by atoms with van der Waals surface area (Å²) < 4.78 is 34.2. The van der Waals surface area contributed by atoms with Gasteiger partial charge in [0, 0.05) is 12.8 Å². The molecule has 0 saturated heterocycles. The maximum Gasteiger partial charge on any atom is 0.472 e. The molecule has 1 N–H and O–H groups in total. The van der Waals surface area contributed by atoms with Gasteiger partial charge >= 0.3 is 19.8 Å². The van der Waals surface area contributed by atoms with Gasteiger partial charge in [0.1, 0.15) is 19.8 Å². The van der Waals surface area contributed by atoms with Crippen molar-refractivity contribution < 1.29 is 42.1 Å². The molecule has 0 spiro atoms. The molecular weight excluding hydrogens is 762 g/mol. The van der Waals surface area contributed by atoms with Crippen molar-refractivity contribution in [3.05, 3.63) is 24.3 Å². The van der Waals surface area contributed by atoms with E-state index in [0.717, 1.165) is 44.9 Å². The molecule has 0 aliphatic heterocycles. The van der Waals surface area contributed by atoms with Crippen molar-refractivity contribution in [1.82, 2.24) is 0 Å². The first-order valence-electron chi connectivity index (χ1n) is 24.6. The van der Waals surface area contributed by atoms with Gasteiger partial charge in [0.25, 0.3) is 0 Å². The first-order chi connectivity index (χ1) is 28.5. The molecule has 0 aromatic carbocycles. The van der Waals surface area contributed by atoms with Crippen LogP contribution in [0.3, 0.4) is 0 Å². The average Bonchev–Trinajstić information content (AvgIpc) is 3.19. The van der Waals surface area contributed by atoms with Crippen LogP contribution in [0.2, 0.25) is 0 Å². The van der Waals surface area contributed by atoms with E-state index in [2.05, 4.69) is 38.2 Å². The first-order valence-corrected chi connectivity index (χ1v) is 26.1. The van der Waals surface area contributed by atoms with E-state index in [9.17, 15) is 19.0 Å².